The Morgan fingerprint density at radius 3 is 2.83 bits per heavy atom. The minimum Gasteiger partial charge on any atom is -0.457 e. The quantitative estimate of drug-likeness (QED) is 0.584. The van der Waals surface area contributed by atoms with Crippen LogP contribution >= 0.6 is 11.3 Å². The zero-order valence-corrected chi connectivity index (χ0v) is 16.3. The second kappa shape index (κ2) is 8.06. The molecule has 29 heavy (non-hydrogen) atoms. The van der Waals surface area contributed by atoms with E-state index in [-0.39, 0.29) is 19.4 Å². The summed E-state index contributed by atoms with van der Waals surface area (Å²) in [5.74, 6) is -0.182. The molecule has 1 fully saturated rings. The number of amides is 2. The number of alkyl halides is 3. The van der Waals surface area contributed by atoms with Gasteiger partial charge in [0.05, 0.1) is 22.7 Å². The predicted octanol–water partition coefficient (Wildman–Crippen LogP) is 5.48. The van der Waals surface area contributed by atoms with E-state index in [9.17, 15) is 18.0 Å². The molecule has 9 heteroatoms. The second-order valence-electron chi connectivity index (χ2n) is 7.18. The van der Waals surface area contributed by atoms with Crippen molar-refractivity contribution in [3.8, 4) is 10.8 Å². The predicted molar refractivity (Wildman–Crippen MR) is 104 cm³/mol. The minimum atomic E-state index is -4.21. The molecule has 0 radical (unpaired) electrons. The second-order valence-corrected chi connectivity index (χ2v) is 8.21. The molecule has 0 spiro atoms. The molecule has 0 bridgehead atoms. The number of rotatable bonds is 4. The zero-order valence-electron chi connectivity index (χ0n) is 15.5. The molecule has 2 aromatic heterocycles. The summed E-state index contributed by atoms with van der Waals surface area (Å²) in [6.45, 7) is 0.145. The molecule has 0 saturated heterocycles. The maximum Gasteiger partial charge on any atom is 0.391 e. The Kier molecular flexibility index (Phi) is 5.49. The number of nitrogens with one attached hydrogen (secondary N) is 2. The molecule has 154 valence electrons. The van der Waals surface area contributed by atoms with Gasteiger partial charge in [-0.15, -0.1) is 11.3 Å². The molecule has 1 aromatic carbocycles. The molecular formula is C20H20F3N3O2S. The van der Waals surface area contributed by atoms with Gasteiger partial charge in [0.1, 0.15) is 5.76 Å². The van der Waals surface area contributed by atoms with Crippen LogP contribution in [0.3, 0.4) is 0 Å². The number of benzene rings is 1. The summed E-state index contributed by atoms with van der Waals surface area (Å²) in [6.07, 6.45) is -3.13. The van der Waals surface area contributed by atoms with E-state index in [1.54, 1.807) is 12.1 Å². The molecule has 2 N–H and O–H groups in total. The number of furan rings is 1. The normalized spacial score (nSPS) is 20.0. The topological polar surface area (TPSA) is 67.2 Å². The highest BCUT2D eigenvalue weighted by Gasteiger charge is 2.42. The van der Waals surface area contributed by atoms with Crippen molar-refractivity contribution in [2.45, 2.75) is 44.4 Å². The molecule has 4 rings (SSSR count). The Labute approximate surface area is 169 Å². The molecule has 2 amide bonds. The lowest BCUT2D eigenvalue weighted by Gasteiger charge is -2.30. The van der Waals surface area contributed by atoms with Gasteiger partial charge in [-0.05, 0) is 43.5 Å². The fourth-order valence-electron chi connectivity index (χ4n) is 3.59. The largest absolute Gasteiger partial charge is 0.457 e. The summed E-state index contributed by atoms with van der Waals surface area (Å²) in [7, 11) is 0. The number of fused-ring (bicyclic) bond motifs is 1. The van der Waals surface area contributed by atoms with Crippen molar-refractivity contribution in [3.05, 3.63) is 42.2 Å². The summed E-state index contributed by atoms with van der Waals surface area (Å²) in [5, 5.41) is 6.05. The number of carbonyl (C=O) groups is 1. The van der Waals surface area contributed by atoms with Gasteiger partial charge in [0.2, 0.25) is 0 Å². The van der Waals surface area contributed by atoms with Crippen LogP contribution in [0.1, 0.15) is 31.4 Å². The summed E-state index contributed by atoms with van der Waals surface area (Å²) in [4.78, 5) is 16.6. The van der Waals surface area contributed by atoms with E-state index in [2.05, 4.69) is 15.6 Å². The van der Waals surface area contributed by atoms with Gasteiger partial charge in [-0.3, -0.25) is 0 Å². The first-order chi connectivity index (χ1) is 13.9. The van der Waals surface area contributed by atoms with Crippen molar-refractivity contribution in [2.24, 2.45) is 5.92 Å². The van der Waals surface area contributed by atoms with Crippen LogP contribution in [0.4, 0.5) is 18.0 Å². The molecule has 1 aliphatic carbocycles. The van der Waals surface area contributed by atoms with Crippen LogP contribution in [0, 0.1) is 5.92 Å². The maximum atomic E-state index is 12.9. The molecule has 3 aromatic rings. The molecule has 1 saturated carbocycles. The van der Waals surface area contributed by atoms with Crippen LogP contribution in [0.15, 0.2) is 40.8 Å². The number of aromatic nitrogens is 1. The fraction of sp³-hybridized carbons (Fsp3) is 0.400. The van der Waals surface area contributed by atoms with Gasteiger partial charge >= 0.3 is 12.2 Å². The number of thiazole rings is 1. The first kappa shape index (κ1) is 19.8. The highest BCUT2D eigenvalue weighted by Crippen LogP contribution is 2.37. The summed E-state index contributed by atoms with van der Waals surface area (Å²) in [5.41, 5.74) is 0.896. The van der Waals surface area contributed by atoms with Gasteiger partial charge in [0, 0.05) is 6.04 Å². The summed E-state index contributed by atoms with van der Waals surface area (Å²) < 4.78 is 45.5. The number of nitrogens with zero attached hydrogens (tertiary/aromatic N) is 1. The monoisotopic (exact) mass is 423 g/mol. The van der Waals surface area contributed by atoms with E-state index < -0.39 is 24.2 Å². The Morgan fingerprint density at radius 2 is 2.03 bits per heavy atom. The number of hydrogen-bond acceptors (Lipinski definition) is 4. The van der Waals surface area contributed by atoms with Crippen LogP contribution in [0.25, 0.3) is 21.0 Å². The Hall–Kier alpha value is -2.55. The molecule has 0 unspecified atom stereocenters. The Balaban J connectivity index is 1.31. The van der Waals surface area contributed by atoms with Crippen LogP contribution < -0.4 is 10.6 Å². The van der Waals surface area contributed by atoms with Crippen molar-refractivity contribution in [1.29, 1.82) is 0 Å². The van der Waals surface area contributed by atoms with Gasteiger partial charge in [-0.25, -0.2) is 9.78 Å². The lowest BCUT2D eigenvalue weighted by atomic mass is 9.85. The zero-order chi connectivity index (χ0) is 20.4. The molecular weight excluding hydrogens is 403 g/mol. The Bertz CT molecular complexity index is 965. The molecule has 5 nitrogen and oxygen atoms in total. The highest BCUT2D eigenvalue weighted by molar-refractivity contribution is 7.21. The number of hydrogen-bond donors (Lipinski definition) is 2. The van der Waals surface area contributed by atoms with E-state index in [0.29, 0.717) is 24.4 Å². The van der Waals surface area contributed by atoms with Gasteiger partial charge in [0.15, 0.2) is 10.8 Å². The highest BCUT2D eigenvalue weighted by atomic mass is 32.1. The number of halogens is 3. The third-order valence-corrected chi connectivity index (χ3v) is 6.11. The molecule has 2 atom stereocenters. The van der Waals surface area contributed by atoms with E-state index >= 15 is 0 Å². The standard InChI is InChI=1S/C20H20F3N3O2S/c21-20(22,23)12-4-3-5-13(10-12)25-19(27)24-11-14-8-9-16(28-14)18-26-15-6-1-2-7-17(15)29-18/h1-2,6-9,12-13H,3-5,10-11H2,(H2,24,25,27)/t12-,13+/m1/s1. The number of para-hydroxylation sites is 1. The van der Waals surface area contributed by atoms with Gasteiger partial charge < -0.3 is 15.1 Å². The average molecular weight is 423 g/mol. The summed E-state index contributed by atoms with van der Waals surface area (Å²) >= 11 is 1.52. The van der Waals surface area contributed by atoms with E-state index in [0.717, 1.165) is 15.2 Å². The van der Waals surface area contributed by atoms with Gasteiger partial charge in [-0.2, -0.15) is 13.2 Å². The number of urea groups is 1. The molecule has 0 aliphatic heterocycles. The maximum absolute atomic E-state index is 12.9. The van der Waals surface area contributed by atoms with Crippen molar-refractivity contribution >= 4 is 27.6 Å². The average Bonchev–Trinajstić information content (AvgIpc) is 3.32. The number of carbonyl (C=O) groups excluding carboxylic acids is 1. The minimum absolute atomic E-state index is 0.0700. The summed E-state index contributed by atoms with van der Waals surface area (Å²) in [6, 6.07) is 10.4. The van der Waals surface area contributed by atoms with E-state index in [4.69, 9.17) is 4.42 Å². The first-order valence-corrected chi connectivity index (χ1v) is 10.3. The van der Waals surface area contributed by atoms with Crippen LogP contribution in [-0.2, 0) is 6.54 Å². The Morgan fingerprint density at radius 1 is 1.21 bits per heavy atom. The molecule has 1 aliphatic rings. The van der Waals surface area contributed by atoms with Crippen molar-refractivity contribution in [1.82, 2.24) is 15.6 Å². The van der Waals surface area contributed by atoms with Gasteiger partial charge in [0.25, 0.3) is 0 Å². The van der Waals surface area contributed by atoms with Gasteiger partial charge in [-0.1, -0.05) is 18.6 Å². The molecule has 2 heterocycles. The van der Waals surface area contributed by atoms with Crippen LogP contribution in [0.5, 0.6) is 0 Å². The lowest BCUT2D eigenvalue weighted by Crippen LogP contribution is -2.45. The lowest BCUT2D eigenvalue weighted by molar-refractivity contribution is -0.183. The van der Waals surface area contributed by atoms with Crippen LogP contribution in [-0.4, -0.2) is 23.2 Å². The van der Waals surface area contributed by atoms with E-state index in [1.807, 2.05) is 24.3 Å². The van der Waals surface area contributed by atoms with Crippen molar-refractivity contribution in [2.75, 3.05) is 0 Å². The fourth-order valence-corrected chi connectivity index (χ4v) is 4.51. The smallest absolute Gasteiger partial charge is 0.391 e. The van der Waals surface area contributed by atoms with E-state index in [1.165, 1.54) is 11.3 Å². The van der Waals surface area contributed by atoms with Crippen LogP contribution in [0.2, 0.25) is 0 Å². The third kappa shape index (κ3) is 4.72. The first-order valence-electron chi connectivity index (χ1n) is 9.44. The van der Waals surface area contributed by atoms with Crippen molar-refractivity contribution < 1.29 is 22.4 Å². The SMILES string of the molecule is O=C(NCc1ccc(-c2nc3ccccc3s2)o1)N[C@H]1CCC[C@@H](C(F)(F)F)C1. The van der Waals surface area contributed by atoms with Crippen molar-refractivity contribution in [3.63, 3.8) is 0 Å². The third-order valence-electron chi connectivity index (χ3n) is 5.06.